The van der Waals surface area contributed by atoms with Crippen molar-refractivity contribution >= 4 is 24.1 Å². The SMILES string of the molecule is Cl.Nc1c(F)ccc(C(=O)O)c1F. The molecule has 13 heavy (non-hydrogen) atoms. The lowest BCUT2D eigenvalue weighted by Crippen LogP contribution is -2.05. The van der Waals surface area contributed by atoms with Gasteiger partial charge in [0.2, 0.25) is 0 Å². The van der Waals surface area contributed by atoms with Crippen molar-refractivity contribution in [3.05, 3.63) is 29.3 Å². The highest BCUT2D eigenvalue weighted by Gasteiger charge is 2.15. The molecule has 0 saturated heterocycles. The van der Waals surface area contributed by atoms with E-state index >= 15 is 0 Å². The molecule has 1 aromatic carbocycles. The van der Waals surface area contributed by atoms with Gasteiger partial charge in [-0.2, -0.15) is 0 Å². The van der Waals surface area contributed by atoms with E-state index in [1.165, 1.54) is 0 Å². The number of hydrogen-bond acceptors (Lipinski definition) is 2. The smallest absolute Gasteiger partial charge is 0.338 e. The van der Waals surface area contributed by atoms with Crippen LogP contribution in [0.4, 0.5) is 14.5 Å². The summed E-state index contributed by atoms with van der Waals surface area (Å²) in [6.45, 7) is 0. The summed E-state index contributed by atoms with van der Waals surface area (Å²) in [5.41, 5.74) is 3.51. The zero-order valence-electron chi connectivity index (χ0n) is 6.25. The fourth-order valence-corrected chi connectivity index (χ4v) is 0.735. The normalized spacial score (nSPS) is 9.08. The highest BCUT2D eigenvalue weighted by molar-refractivity contribution is 5.89. The number of aromatic carboxylic acids is 1. The molecule has 0 amide bonds. The van der Waals surface area contributed by atoms with Gasteiger partial charge in [-0.25, -0.2) is 13.6 Å². The van der Waals surface area contributed by atoms with E-state index in [9.17, 15) is 13.6 Å². The maximum absolute atomic E-state index is 12.8. The van der Waals surface area contributed by atoms with Crippen molar-refractivity contribution in [1.29, 1.82) is 0 Å². The average Bonchev–Trinajstić information content (AvgIpc) is 2.00. The molecule has 0 radical (unpaired) electrons. The molecule has 0 saturated carbocycles. The molecule has 6 heteroatoms. The minimum absolute atomic E-state index is 0. The number of anilines is 1. The van der Waals surface area contributed by atoms with Crippen molar-refractivity contribution in [1.82, 2.24) is 0 Å². The second-order valence-electron chi connectivity index (χ2n) is 2.13. The maximum Gasteiger partial charge on any atom is 0.338 e. The fraction of sp³-hybridized carbons (Fsp3) is 0. The number of hydrogen-bond donors (Lipinski definition) is 2. The van der Waals surface area contributed by atoms with Crippen molar-refractivity contribution in [2.45, 2.75) is 0 Å². The summed E-state index contributed by atoms with van der Waals surface area (Å²) in [5, 5.41) is 8.36. The molecular formula is C7H6ClF2NO2. The lowest BCUT2D eigenvalue weighted by atomic mass is 10.2. The van der Waals surface area contributed by atoms with Crippen molar-refractivity contribution in [3.8, 4) is 0 Å². The van der Waals surface area contributed by atoms with Crippen LogP contribution in [0.25, 0.3) is 0 Å². The number of carboxylic acids is 1. The number of carboxylic acid groups (broad SMARTS) is 1. The minimum atomic E-state index is -1.47. The number of rotatable bonds is 1. The van der Waals surface area contributed by atoms with E-state index in [2.05, 4.69) is 0 Å². The van der Waals surface area contributed by atoms with Crippen LogP contribution in [0.15, 0.2) is 12.1 Å². The molecular weight excluding hydrogens is 204 g/mol. The molecule has 0 aliphatic rings. The van der Waals surface area contributed by atoms with Gasteiger partial charge in [-0.1, -0.05) is 0 Å². The fourth-order valence-electron chi connectivity index (χ4n) is 0.735. The Labute approximate surface area is 78.6 Å². The standard InChI is InChI=1S/C7H5F2NO2.ClH/c8-4-2-1-3(7(11)12)5(9)6(4)10;/h1-2H,10H2,(H,11,12);1H. The number of nitrogens with two attached hydrogens (primary N) is 1. The van der Waals surface area contributed by atoms with Crippen molar-refractivity contribution < 1.29 is 18.7 Å². The summed E-state index contributed by atoms with van der Waals surface area (Å²) >= 11 is 0. The Hall–Kier alpha value is -1.36. The second-order valence-corrected chi connectivity index (χ2v) is 2.13. The highest BCUT2D eigenvalue weighted by Crippen LogP contribution is 2.18. The summed E-state index contributed by atoms with van der Waals surface area (Å²) in [6.07, 6.45) is 0. The Morgan fingerprint density at radius 3 is 2.38 bits per heavy atom. The van der Waals surface area contributed by atoms with Crippen LogP contribution >= 0.6 is 12.4 Å². The van der Waals surface area contributed by atoms with E-state index in [1.807, 2.05) is 0 Å². The zero-order valence-corrected chi connectivity index (χ0v) is 7.07. The molecule has 0 fully saturated rings. The summed E-state index contributed by atoms with van der Waals surface area (Å²) in [5.74, 6) is -3.67. The van der Waals surface area contributed by atoms with E-state index in [4.69, 9.17) is 10.8 Å². The lowest BCUT2D eigenvalue weighted by molar-refractivity contribution is 0.0692. The number of nitrogen functional groups attached to an aromatic ring is 1. The maximum atomic E-state index is 12.8. The summed E-state index contributed by atoms with van der Waals surface area (Å²) in [6, 6.07) is 1.63. The topological polar surface area (TPSA) is 63.3 Å². The molecule has 0 aliphatic heterocycles. The van der Waals surface area contributed by atoms with Crippen LogP contribution < -0.4 is 5.73 Å². The van der Waals surface area contributed by atoms with Gasteiger partial charge in [-0.05, 0) is 12.1 Å². The van der Waals surface area contributed by atoms with E-state index in [0.29, 0.717) is 0 Å². The van der Waals surface area contributed by atoms with E-state index < -0.39 is 28.9 Å². The number of halogens is 3. The van der Waals surface area contributed by atoms with Gasteiger partial charge in [0.05, 0.1) is 5.56 Å². The second kappa shape index (κ2) is 4.04. The van der Waals surface area contributed by atoms with Gasteiger partial charge in [-0.15, -0.1) is 12.4 Å². The van der Waals surface area contributed by atoms with Gasteiger partial charge in [0.25, 0.3) is 0 Å². The van der Waals surface area contributed by atoms with Crippen LogP contribution in [0.2, 0.25) is 0 Å². The highest BCUT2D eigenvalue weighted by atomic mass is 35.5. The molecule has 0 aliphatic carbocycles. The Morgan fingerprint density at radius 1 is 1.38 bits per heavy atom. The first-order chi connectivity index (χ1) is 5.54. The van der Waals surface area contributed by atoms with Crippen molar-refractivity contribution in [2.75, 3.05) is 5.73 Å². The molecule has 3 nitrogen and oxygen atoms in total. The van der Waals surface area contributed by atoms with Gasteiger partial charge < -0.3 is 10.8 Å². The molecule has 72 valence electrons. The molecule has 0 spiro atoms. The third-order valence-corrected chi connectivity index (χ3v) is 1.36. The molecule has 0 aromatic heterocycles. The Bertz CT molecular complexity index is 344. The van der Waals surface area contributed by atoms with Crippen LogP contribution in [0.3, 0.4) is 0 Å². The average molecular weight is 210 g/mol. The van der Waals surface area contributed by atoms with Crippen molar-refractivity contribution in [3.63, 3.8) is 0 Å². The third kappa shape index (κ3) is 2.06. The van der Waals surface area contributed by atoms with Crippen LogP contribution in [0.1, 0.15) is 10.4 Å². The third-order valence-electron chi connectivity index (χ3n) is 1.36. The summed E-state index contributed by atoms with van der Waals surface area (Å²) in [4.78, 5) is 10.3. The van der Waals surface area contributed by atoms with Gasteiger partial charge >= 0.3 is 5.97 Å². The quantitative estimate of drug-likeness (QED) is 0.692. The first-order valence-electron chi connectivity index (χ1n) is 3.01. The Kier molecular flexibility index (Phi) is 3.62. The molecule has 0 bridgehead atoms. The molecule has 1 aromatic rings. The van der Waals surface area contributed by atoms with E-state index in [0.717, 1.165) is 12.1 Å². The zero-order chi connectivity index (χ0) is 9.30. The largest absolute Gasteiger partial charge is 0.478 e. The first kappa shape index (κ1) is 11.6. The van der Waals surface area contributed by atoms with Gasteiger partial charge in [-0.3, -0.25) is 0 Å². The Morgan fingerprint density at radius 2 is 1.92 bits per heavy atom. The van der Waals surface area contributed by atoms with Gasteiger partial charge in [0.1, 0.15) is 11.5 Å². The molecule has 3 N–H and O–H groups in total. The Balaban J connectivity index is 0.00000144. The molecule has 0 unspecified atom stereocenters. The number of benzene rings is 1. The first-order valence-corrected chi connectivity index (χ1v) is 3.01. The van der Waals surface area contributed by atoms with Crippen LogP contribution in [0.5, 0.6) is 0 Å². The van der Waals surface area contributed by atoms with E-state index in [1.54, 1.807) is 0 Å². The summed E-state index contributed by atoms with van der Waals surface area (Å²) < 4.78 is 25.2. The van der Waals surface area contributed by atoms with Crippen LogP contribution in [-0.2, 0) is 0 Å². The van der Waals surface area contributed by atoms with Crippen molar-refractivity contribution in [2.24, 2.45) is 0 Å². The van der Waals surface area contributed by atoms with E-state index in [-0.39, 0.29) is 12.4 Å². The number of carbonyl (C=O) groups is 1. The minimum Gasteiger partial charge on any atom is -0.478 e. The predicted molar refractivity (Wildman–Crippen MR) is 45.0 cm³/mol. The molecule has 1 rings (SSSR count). The lowest BCUT2D eigenvalue weighted by Gasteiger charge is -2.00. The molecule has 0 heterocycles. The van der Waals surface area contributed by atoms with Crippen LogP contribution in [-0.4, -0.2) is 11.1 Å². The monoisotopic (exact) mass is 209 g/mol. The summed E-state index contributed by atoms with van der Waals surface area (Å²) in [7, 11) is 0. The van der Waals surface area contributed by atoms with Gasteiger partial charge in [0, 0.05) is 0 Å². The van der Waals surface area contributed by atoms with Crippen LogP contribution in [0, 0.1) is 11.6 Å². The van der Waals surface area contributed by atoms with Gasteiger partial charge in [0.15, 0.2) is 5.82 Å². The molecule has 0 atom stereocenters. The predicted octanol–water partition coefficient (Wildman–Crippen LogP) is 1.67.